The first-order valence-corrected chi connectivity index (χ1v) is 9.86. The van der Waals surface area contributed by atoms with Gasteiger partial charge in [-0.05, 0) is 44.2 Å². The lowest BCUT2D eigenvalue weighted by molar-refractivity contribution is -0.128. The molecule has 0 saturated carbocycles. The maximum absolute atomic E-state index is 12.2. The van der Waals surface area contributed by atoms with Crippen molar-refractivity contribution in [2.45, 2.75) is 26.2 Å². The Morgan fingerprint density at radius 1 is 1.15 bits per heavy atom. The number of nitrogens with zero attached hydrogens (tertiary/aromatic N) is 3. The number of anilines is 1. The third kappa shape index (κ3) is 5.13. The molecule has 6 nitrogen and oxygen atoms in total. The van der Waals surface area contributed by atoms with Crippen molar-refractivity contribution in [1.82, 2.24) is 15.5 Å². The predicted octanol–water partition coefficient (Wildman–Crippen LogP) is 1.69. The van der Waals surface area contributed by atoms with Gasteiger partial charge in [0.05, 0.1) is 0 Å². The number of benzene rings is 1. The molecule has 142 valence electrons. The molecule has 1 aromatic rings. The summed E-state index contributed by atoms with van der Waals surface area (Å²) in [6, 6.07) is 10.6. The minimum Gasteiger partial charge on any atom is -0.371 e. The summed E-state index contributed by atoms with van der Waals surface area (Å²) in [4.78, 5) is 21.0. The molecule has 2 fully saturated rings. The van der Waals surface area contributed by atoms with Gasteiger partial charge in [0.2, 0.25) is 5.91 Å². The molecule has 26 heavy (non-hydrogen) atoms. The fourth-order valence-corrected chi connectivity index (χ4v) is 3.67. The second-order valence-corrected chi connectivity index (χ2v) is 7.10. The zero-order valence-corrected chi connectivity index (χ0v) is 15.8. The maximum Gasteiger partial charge on any atom is 0.244 e. The van der Waals surface area contributed by atoms with Gasteiger partial charge in [-0.2, -0.15) is 0 Å². The average molecular weight is 358 g/mol. The van der Waals surface area contributed by atoms with Crippen LogP contribution in [0.15, 0.2) is 35.3 Å². The highest BCUT2D eigenvalue weighted by atomic mass is 16.2. The van der Waals surface area contributed by atoms with Crippen molar-refractivity contribution < 1.29 is 4.79 Å². The van der Waals surface area contributed by atoms with Gasteiger partial charge in [0.1, 0.15) is 6.54 Å². The van der Waals surface area contributed by atoms with Crippen molar-refractivity contribution in [3.8, 4) is 0 Å². The molecule has 2 heterocycles. The summed E-state index contributed by atoms with van der Waals surface area (Å²) in [5, 5.41) is 6.67. The average Bonchev–Trinajstić information content (AvgIpc) is 3.36. The van der Waals surface area contributed by atoms with Crippen LogP contribution >= 0.6 is 0 Å². The first kappa shape index (κ1) is 18.5. The first-order valence-electron chi connectivity index (χ1n) is 9.86. The van der Waals surface area contributed by atoms with Crippen LogP contribution in [0.2, 0.25) is 0 Å². The van der Waals surface area contributed by atoms with Crippen molar-refractivity contribution in [3.05, 3.63) is 30.3 Å². The van der Waals surface area contributed by atoms with Crippen LogP contribution in [0.3, 0.4) is 0 Å². The predicted molar refractivity (Wildman–Crippen MR) is 107 cm³/mol. The molecule has 1 amide bonds. The zero-order valence-electron chi connectivity index (χ0n) is 15.8. The van der Waals surface area contributed by atoms with Crippen LogP contribution in [-0.2, 0) is 4.79 Å². The Hall–Kier alpha value is -2.24. The van der Waals surface area contributed by atoms with Crippen molar-refractivity contribution >= 4 is 17.6 Å². The van der Waals surface area contributed by atoms with Crippen molar-refractivity contribution in [2.75, 3.05) is 50.7 Å². The van der Waals surface area contributed by atoms with E-state index >= 15 is 0 Å². The molecular weight excluding hydrogens is 326 g/mol. The second kappa shape index (κ2) is 9.46. The quantitative estimate of drug-likeness (QED) is 0.601. The molecule has 3 rings (SSSR count). The van der Waals surface area contributed by atoms with Gasteiger partial charge in [-0.15, -0.1) is 0 Å². The SMILES string of the molecule is CCNC(=NCC(=O)N1CCCC1)NCC1CCN(c2ccccc2)C1. The molecular formula is C20H31N5O. The molecule has 0 bridgehead atoms. The van der Waals surface area contributed by atoms with Crippen LogP contribution in [0, 0.1) is 5.92 Å². The van der Waals surface area contributed by atoms with Crippen LogP contribution < -0.4 is 15.5 Å². The third-order valence-electron chi connectivity index (χ3n) is 5.14. The van der Waals surface area contributed by atoms with Crippen LogP contribution in [0.5, 0.6) is 0 Å². The Morgan fingerprint density at radius 3 is 2.65 bits per heavy atom. The highest BCUT2D eigenvalue weighted by Crippen LogP contribution is 2.22. The van der Waals surface area contributed by atoms with E-state index in [4.69, 9.17) is 0 Å². The zero-order chi connectivity index (χ0) is 18.2. The highest BCUT2D eigenvalue weighted by molar-refractivity contribution is 5.85. The Labute approximate surface area is 156 Å². The first-order chi connectivity index (χ1) is 12.8. The molecule has 1 aromatic carbocycles. The lowest BCUT2D eigenvalue weighted by Crippen LogP contribution is -2.41. The maximum atomic E-state index is 12.2. The number of nitrogens with one attached hydrogen (secondary N) is 2. The number of hydrogen-bond donors (Lipinski definition) is 2. The summed E-state index contributed by atoms with van der Waals surface area (Å²) >= 11 is 0. The minimum atomic E-state index is 0.135. The lowest BCUT2D eigenvalue weighted by Gasteiger charge is -2.19. The van der Waals surface area contributed by atoms with Gasteiger partial charge in [0, 0.05) is 45.0 Å². The molecule has 2 aliphatic rings. The summed E-state index contributed by atoms with van der Waals surface area (Å²) in [6.07, 6.45) is 3.41. The van der Waals surface area contributed by atoms with Gasteiger partial charge < -0.3 is 20.4 Å². The highest BCUT2D eigenvalue weighted by Gasteiger charge is 2.23. The van der Waals surface area contributed by atoms with Gasteiger partial charge in [-0.1, -0.05) is 18.2 Å². The number of likely N-dealkylation sites (tertiary alicyclic amines) is 1. The molecule has 2 aliphatic heterocycles. The number of guanidine groups is 1. The van der Waals surface area contributed by atoms with Crippen LogP contribution in [0.4, 0.5) is 5.69 Å². The Morgan fingerprint density at radius 2 is 1.92 bits per heavy atom. The normalized spacial score (nSPS) is 20.5. The number of carbonyl (C=O) groups is 1. The summed E-state index contributed by atoms with van der Waals surface area (Å²) in [5.74, 6) is 1.47. The Kier molecular flexibility index (Phi) is 6.75. The van der Waals surface area contributed by atoms with E-state index in [-0.39, 0.29) is 12.5 Å². The number of aliphatic imine (C=N–C) groups is 1. The third-order valence-corrected chi connectivity index (χ3v) is 5.14. The van der Waals surface area contributed by atoms with E-state index in [0.29, 0.717) is 5.92 Å². The number of rotatable bonds is 6. The number of amides is 1. The van der Waals surface area contributed by atoms with Crippen LogP contribution in [-0.4, -0.2) is 62.6 Å². The molecule has 2 saturated heterocycles. The molecule has 1 unspecified atom stereocenters. The number of para-hydroxylation sites is 1. The molecule has 0 aliphatic carbocycles. The number of carbonyl (C=O) groups excluding carboxylic acids is 1. The van der Waals surface area contributed by atoms with Crippen molar-refractivity contribution in [1.29, 1.82) is 0 Å². The topological polar surface area (TPSA) is 60.0 Å². The van der Waals surface area contributed by atoms with Gasteiger partial charge in [-0.3, -0.25) is 4.79 Å². The molecule has 1 atom stereocenters. The van der Waals surface area contributed by atoms with E-state index in [2.05, 4.69) is 50.9 Å². The standard InChI is InChI=1S/C20H31N5O/c1-2-21-20(23-15-19(26)24-11-6-7-12-24)22-14-17-10-13-25(16-17)18-8-4-3-5-9-18/h3-5,8-9,17H,2,6-7,10-16H2,1H3,(H2,21,22,23). The lowest BCUT2D eigenvalue weighted by atomic mass is 10.1. The van der Waals surface area contributed by atoms with Crippen LogP contribution in [0.25, 0.3) is 0 Å². The second-order valence-electron chi connectivity index (χ2n) is 7.10. The van der Waals surface area contributed by atoms with E-state index in [1.165, 1.54) is 12.1 Å². The summed E-state index contributed by atoms with van der Waals surface area (Å²) in [7, 11) is 0. The van der Waals surface area contributed by atoms with Crippen LogP contribution in [0.1, 0.15) is 26.2 Å². The molecule has 6 heteroatoms. The molecule has 0 aromatic heterocycles. The summed E-state index contributed by atoms with van der Waals surface area (Å²) < 4.78 is 0. The van der Waals surface area contributed by atoms with Gasteiger partial charge in [-0.25, -0.2) is 4.99 Å². The monoisotopic (exact) mass is 357 g/mol. The van der Waals surface area contributed by atoms with E-state index in [9.17, 15) is 4.79 Å². The van der Waals surface area contributed by atoms with Gasteiger partial charge in [0.25, 0.3) is 0 Å². The van der Waals surface area contributed by atoms with Crippen molar-refractivity contribution in [3.63, 3.8) is 0 Å². The van der Waals surface area contributed by atoms with E-state index in [1.807, 2.05) is 11.8 Å². The van der Waals surface area contributed by atoms with Crippen molar-refractivity contribution in [2.24, 2.45) is 10.9 Å². The fourth-order valence-electron chi connectivity index (χ4n) is 3.67. The number of hydrogen-bond acceptors (Lipinski definition) is 3. The van der Waals surface area contributed by atoms with Gasteiger partial charge >= 0.3 is 0 Å². The summed E-state index contributed by atoms with van der Waals surface area (Å²) in [6.45, 7) is 7.88. The van der Waals surface area contributed by atoms with Gasteiger partial charge in [0.15, 0.2) is 5.96 Å². The fraction of sp³-hybridized carbons (Fsp3) is 0.600. The largest absolute Gasteiger partial charge is 0.371 e. The Balaban J connectivity index is 1.46. The molecule has 2 N–H and O–H groups in total. The van der Waals surface area contributed by atoms with E-state index in [1.54, 1.807) is 0 Å². The summed E-state index contributed by atoms with van der Waals surface area (Å²) in [5.41, 5.74) is 1.30. The smallest absolute Gasteiger partial charge is 0.244 e. The van der Waals surface area contributed by atoms with E-state index in [0.717, 1.165) is 58.1 Å². The van der Waals surface area contributed by atoms with E-state index < -0.39 is 0 Å². The Bertz CT molecular complexity index is 597. The molecule has 0 spiro atoms. The molecule has 0 radical (unpaired) electrons. The minimum absolute atomic E-state index is 0.135.